The Kier molecular flexibility index (Phi) is 6.33. The van der Waals surface area contributed by atoms with Crippen LogP contribution < -0.4 is 14.8 Å². The van der Waals surface area contributed by atoms with Crippen molar-refractivity contribution in [3.05, 3.63) is 23.8 Å². The van der Waals surface area contributed by atoms with Gasteiger partial charge in [-0.1, -0.05) is 13.0 Å². The van der Waals surface area contributed by atoms with E-state index >= 15 is 0 Å². The molecule has 1 aromatic rings. The van der Waals surface area contributed by atoms with Crippen molar-refractivity contribution in [1.82, 2.24) is 5.32 Å². The van der Waals surface area contributed by atoms with Crippen LogP contribution in [0.5, 0.6) is 11.5 Å². The Morgan fingerprint density at radius 1 is 1.29 bits per heavy atom. The summed E-state index contributed by atoms with van der Waals surface area (Å²) < 4.78 is 16.8. The van der Waals surface area contributed by atoms with Gasteiger partial charge in [-0.25, -0.2) is 0 Å². The first-order valence-electron chi connectivity index (χ1n) is 7.86. The zero-order chi connectivity index (χ0) is 15.1. The third kappa shape index (κ3) is 4.61. The number of nitrogens with one attached hydrogen (secondary N) is 1. The molecule has 2 rings (SSSR count). The Morgan fingerprint density at radius 2 is 2.05 bits per heavy atom. The standard InChI is InChI=1S/C17H27NO3/c1-4-18-13(2)15-5-6-16(17(11-15)19-3)21-12-14-7-9-20-10-8-14/h5-6,11,13-14,18H,4,7-10,12H2,1-3H3. The SMILES string of the molecule is CCNC(C)c1ccc(OCC2CCOCC2)c(OC)c1. The topological polar surface area (TPSA) is 39.7 Å². The number of rotatable bonds is 7. The molecule has 4 heteroatoms. The van der Waals surface area contributed by atoms with Gasteiger partial charge in [-0.15, -0.1) is 0 Å². The molecule has 0 saturated carbocycles. The van der Waals surface area contributed by atoms with Crippen molar-refractivity contribution >= 4 is 0 Å². The van der Waals surface area contributed by atoms with E-state index in [1.54, 1.807) is 7.11 Å². The maximum Gasteiger partial charge on any atom is 0.161 e. The van der Waals surface area contributed by atoms with Gasteiger partial charge in [-0.2, -0.15) is 0 Å². The molecule has 1 aliphatic rings. The lowest BCUT2D eigenvalue weighted by Crippen LogP contribution is -2.21. The molecule has 1 saturated heterocycles. The molecule has 0 bridgehead atoms. The Morgan fingerprint density at radius 3 is 2.71 bits per heavy atom. The van der Waals surface area contributed by atoms with Crippen LogP contribution in [0.1, 0.15) is 38.3 Å². The number of ether oxygens (including phenoxy) is 3. The highest BCUT2D eigenvalue weighted by Crippen LogP contribution is 2.31. The summed E-state index contributed by atoms with van der Waals surface area (Å²) in [5.41, 5.74) is 1.21. The minimum Gasteiger partial charge on any atom is -0.493 e. The average molecular weight is 293 g/mol. The molecule has 1 fully saturated rings. The zero-order valence-corrected chi connectivity index (χ0v) is 13.4. The quantitative estimate of drug-likeness (QED) is 0.838. The van der Waals surface area contributed by atoms with Crippen LogP contribution in [0.25, 0.3) is 0 Å². The third-order valence-corrected chi connectivity index (χ3v) is 4.01. The van der Waals surface area contributed by atoms with Crippen LogP contribution in [0, 0.1) is 5.92 Å². The molecule has 118 valence electrons. The van der Waals surface area contributed by atoms with Gasteiger partial charge >= 0.3 is 0 Å². The predicted octanol–water partition coefficient (Wildman–Crippen LogP) is 3.17. The second kappa shape index (κ2) is 8.25. The van der Waals surface area contributed by atoms with Crippen molar-refractivity contribution in [1.29, 1.82) is 0 Å². The van der Waals surface area contributed by atoms with Gasteiger partial charge in [0.15, 0.2) is 11.5 Å². The molecule has 0 radical (unpaired) electrons. The molecule has 21 heavy (non-hydrogen) atoms. The molecule has 4 nitrogen and oxygen atoms in total. The van der Waals surface area contributed by atoms with Gasteiger partial charge in [-0.3, -0.25) is 0 Å². The Bertz CT molecular complexity index is 430. The first kappa shape index (κ1) is 16.1. The van der Waals surface area contributed by atoms with Gasteiger partial charge in [-0.05, 0) is 49.9 Å². The summed E-state index contributed by atoms with van der Waals surface area (Å²) >= 11 is 0. The lowest BCUT2D eigenvalue weighted by Gasteiger charge is -2.23. The van der Waals surface area contributed by atoms with Crippen LogP contribution >= 0.6 is 0 Å². The van der Waals surface area contributed by atoms with E-state index in [0.29, 0.717) is 12.0 Å². The number of hydrogen-bond acceptors (Lipinski definition) is 4. The maximum absolute atomic E-state index is 5.96. The summed E-state index contributed by atoms with van der Waals surface area (Å²) in [5, 5.41) is 3.41. The maximum atomic E-state index is 5.96. The Hall–Kier alpha value is -1.26. The van der Waals surface area contributed by atoms with E-state index in [1.165, 1.54) is 5.56 Å². The highest BCUT2D eigenvalue weighted by atomic mass is 16.5. The molecule has 1 heterocycles. The second-order valence-electron chi connectivity index (χ2n) is 5.56. The smallest absolute Gasteiger partial charge is 0.161 e. The van der Waals surface area contributed by atoms with Crippen LogP contribution in [-0.4, -0.2) is 33.5 Å². The average Bonchev–Trinajstić information content (AvgIpc) is 2.54. The summed E-state index contributed by atoms with van der Waals surface area (Å²) in [4.78, 5) is 0. The van der Waals surface area contributed by atoms with Crippen molar-refractivity contribution in [3.8, 4) is 11.5 Å². The summed E-state index contributed by atoms with van der Waals surface area (Å²) in [6, 6.07) is 6.50. The van der Waals surface area contributed by atoms with E-state index in [2.05, 4.69) is 31.3 Å². The van der Waals surface area contributed by atoms with Gasteiger partial charge in [0.1, 0.15) is 0 Å². The van der Waals surface area contributed by atoms with E-state index < -0.39 is 0 Å². The summed E-state index contributed by atoms with van der Waals surface area (Å²) in [6.45, 7) is 7.65. The van der Waals surface area contributed by atoms with Crippen molar-refractivity contribution in [2.24, 2.45) is 5.92 Å². The molecule has 0 amide bonds. The highest BCUT2D eigenvalue weighted by molar-refractivity contribution is 5.43. The van der Waals surface area contributed by atoms with E-state index in [4.69, 9.17) is 14.2 Å². The summed E-state index contributed by atoms with van der Waals surface area (Å²) in [6.07, 6.45) is 2.16. The van der Waals surface area contributed by atoms with Gasteiger partial charge in [0.05, 0.1) is 13.7 Å². The molecule has 1 atom stereocenters. The summed E-state index contributed by atoms with van der Waals surface area (Å²) in [5.74, 6) is 2.23. The zero-order valence-electron chi connectivity index (χ0n) is 13.4. The van der Waals surface area contributed by atoms with E-state index in [0.717, 1.165) is 50.7 Å². The van der Waals surface area contributed by atoms with Gasteiger partial charge < -0.3 is 19.5 Å². The lowest BCUT2D eigenvalue weighted by atomic mass is 10.0. The molecule has 1 unspecified atom stereocenters. The first-order chi connectivity index (χ1) is 10.2. The van der Waals surface area contributed by atoms with Gasteiger partial charge in [0, 0.05) is 19.3 Å². The van der Waals surface area contributed by atoms with E-state index in [1.807, 2.05) is 6.07 Å². The molecule has 0 aliphatic carbocycles. The lowest BCUT2D eigenvalue weighted by molar-refractivity contribution is 0.0493. The largest absolute Gasteiger partial charge is 0.493 e. The first-order valence-corrected chi connectivity index (χ1v) is 7.86. The Balaban J connectivity index is 1.98. The molecule has 0 aromatic heterocycles. The van der Waals surface area contributed by atoms with Crippen LogP contribution in [0.4, 0.5) is 0 Å². The van der Waals surface area contributed by atoms with Gasteiger partial charge in [0.25, 0.3) is 0 Å². The normalized spacial score (nSPS) is 17.5. The molecular formula is C17H27NO3. The number of methoxy groups -OCH3 is 1. The van der Waals surface area contributed by atoms with E-state index in [9.17, 15) is 0 Å². The molecule has 1 N–H and O–H groups in total. The second-order valence-corrected chi connectivity index (χ2v) is 5.56. The minimum atomic E-state index is 0.313. The van der Waals surface area contributed by atoms with Crippen molar-refractivity contribution in [2.75, 3.05) is 33.5 Å². The predicted molar refractivity (Wildman–Crippen MR) is 84.1 cm³/mol. The fraction of sp³-hybridized carbons (Fsp3) is 0.647. The number of hydrogen-bond donors (Lipinski definition) is 1. The van der Waals surface area contributed by atoms with Crippen molar-refractivity contribution < 1.29 is 14.2 Å². The fourth-order valence-electron chi connectivity index (χ4n) is 2.62. The fourth-order valence-corrected chi connectivity index (χ4v) is 2.62. The minimum absolute atomic E-state index is 0.313. The Labute approximate surface area is 127 Å². The number of benzene rings is 1. The summed E-state index contributed by atoms with van der Waals surface area (Å²) in [7, 11) is 1.69. The van der Waals surface area contributed by atoms with Crippen molar-refractivity contribution in [2.45, 2.75) is 32.7 Å². The van der Waals surface area contributed by atoms with Crippen molar-refractivity contribution in [3.63, 3.8) is 0 Å². The third-order valence-electron chi connectivity index (χ3n) is 4.01. The molecule has 1 aliphatic heterocycles. The monoisotopic (exact) mass is 293 g/mol. The van der Waals surface area contributed by atoms with Crippen LogP contribution in [-0.2, 0) is 4.74 Å². The van der Waals surface area contributed by atoms with Crippen LogP contribution in [0.15, 0.2) is 18.2 Å². The van der Waals surface area contributed by atoms with E-state index in [-0.39, 0.29) is 0 Å². The molecule has 0 spiro atoms. The molecular weight excluding hydrogens is 266 g/mol. The van der Waals surface area contributed by atoms with Crippen LogP contribution in [0.2, 0.25) is 0 Å². The molecule has 1 aromatic carbocycles. The van der Waals surface area contributed by atoms with Gasteiger partial charge in [0.2, 0.25) is 0 Å². The highest BCUT2D eigenvalue weighted by Gasteiger charge is 2.16. The van der Waals surface area contributed by atoms with Crippen LogP contribution in [0.3, 0.4) is 0 Å².